The van der Waals surface area contributed by atoms with Crippen molar-refractivity contribution in [2.45, 2.75) is 45.1 Å². The number of nitrogens with one attached hydrogen (secondary N) is 2. The van der Waals surface area contributed by atoms with Crippen LogP contribution in [0.2, 0.25) is 0 Å². The first-order valence-electron chi connectivity index (χ1n) is 9.85. The minimum atomic E-state index is -0.0891. The van der Waals surface area contributed by atoms with Crippen molar-refractivity contribution >= 4 is 11.7 Å². The van der Waals surface area contributed by atoms with Gasteiger partial charge in [-0.1, -0.05) is 32.0 Å². The van der Waals surface area contributed by atoms with E-state index < -0.39 is 0 Å². The van der Waals surface area contributed by atoms with Crippen LogP contribution in [0.3, 0.4) is 0 Å². The van der Waals surface area contributed by atoms with E-state index in [1.165, 1.54) is 0 Å². The number of para-hydroxylation sites is 1. The van der Waals surface area contributed by atoms with Crippen LogP contribution in [0, 0.1) is 0 Å². The molecule has 28 heavy (non-hydrogen) atoms. The molecule has 7 heteroatoms. The fourth-order valence-electron chi connectivity index (χ4n) is 3.92. The summed E-state index contributed by atoms with van der Waals surface area (Å²) in [6, 6.07) is 11.9. The van der Waals surface area contributed by atoms with Crippen LogP contribution < -0.4 is 5.32 Å². The van der Waals surface area contributed by atoms with E-state index in [0.29, 0.717) is 0 Å². The van der Waals surface area contributed by atoms with Crippen molar-refractivity contribution in [2.24, 2.45) is 0 Å². The Hall–Kier alpha value is -3.09. The molecule has 0 bridgehead atoms. The summed E-state index contributed by atoms with van der Waals surface area (Å²) in [7, 11) is 0. The van der Waals surface area contributed by atoms with E-state index in [2.05, 4.69) is 34.5 Å². The molecule has 1 aliphatic heterocycles. The van der Waals surface area contributed by atoms with Gasteiger partial charge in [-0.3, -0.25) is 5.10 Å². The van der Waals surface area contributed by atoms with Crippen molar-refractivity contribution in [3.63, 3.8) is 0 Å². The Balaban J connectivity index is 1.60. The number of nitrogens with zero attached hydrogens (tertiary/aromatic N) is 4. The minimum Gasteiger partial charge on any atom is -0.316 e. The molecule has 0 aliphatic carbocycles. The fraction of sp³-hybridized carbons (Fsp3) is 0.381. The number of likely N-dealkylation sites (tertiary alicyclic amines) is 1. The van der Waals surface area contributed by atoms with Crippen molar-refractivity contribution in [1.82, 2.24) is 24.9 Å². The molecule has 2 amide bonds. The van der Waals surface area contributed by atoms with E-state index in [4.69, 9.17) is 0 Å². The molecule has 1 unspecified atom stereocenters. The van der Waals surface area contributed by atoms with E-state index in [1.54, 1.807) is 12.4 Å². The molecule has 4 rings (SSSR count). The molecule has 1 aromatic carbocycles. The van der Waals surface area contributed by atoms with Crippen LogP contribution in [-0.2, 0) is 0 Å². The van der Waals surface area contributed by atoms with Crippen molar-refractivity contribution in [3.05, 3.63) is 60.2 Å². The molecule has 146 valence electrons. The Morgan fingerprint density at radius 1 is 1.21 bits per heavy atom. The highest BCUT2D eigenvalue weighted by atomic mass is 16.2. The second-order valence-electron chi connectivity index (χ2n) is 7.49. The van der Waals surface area contributed by atoms with E-state index in [9.17, 15) is 4.79 Å². The topological polar surface area (TPSA) is 78.8 Å². The van der Waals surface area contributed by atoms with Gasteiger partial charge >= 0.3 is 6.03 Å². The molecule has 1 fully saturated rings. The Kier molecular flexibility index (Phi) is 5.14. The average Bonchev–Trinajstić information content (AvgIpc) is 3.39. The normalized spacial score (nSPS) is 17.1. The number of amides is 2. The van der Waals surface area contributed by atoms with Gasteiger partial charge in [-0.05, 0) is 43.4 Å². The molecule has 3 heterocycles. The lowest BCUT2D eigenvalue weighted by Crippen LogP contribution is -2.41. The number of hydrogen-bond acceptors (Lipinski definition) is 3. The summed E-state index contributed by atoms with van der Waals surface area (Å²) in [6.45, 7) is 4.96. The first kappa shape index (κ1) is 18.3. The summed E-state index contributed by atoms with van der Waals surface area (Å²) < 4.78 is 1.91. The Morgan fingerprint density at radius 2 is 2.04 bits per heavy atom. The lowest BCUT2D eigenvalue weighted by Gasteiger charge is -2.35. The standard InChI is InChI=1S/C21H26N6O/c1-15(2)20-18(14-23-27(20)16-8-4-3-5-9-16)24-21(28)26-13-7-6-10-19(26)17-11-12-22-25-17/h3-5,8-9,11-12,14-15,19H,6-7,10,13H2,1-2H3,(H,22,25)(H,24,28). The summed E-state index contributed by atoms with van der Waals surface area (Å²) >= 11 is 0. The zero-order valence-electron chi connectivity index (χ0n) is 16.3. The lowest BCUT2D eigenvalue weighted by molar-refractivity contribution is 0.161. The molecule has 3 aromatic rings. The minimum absolute atomic E-state index is 0.0305. The molecule has 2 N–H and O–H groups in total. The third kappa shape index (κ3) is 3.52. The average molecular weight is 378 g/mol. The van der Waals surface area contributed by atoms with Crippen LogP contribution >= 0.6 is 0 Å². The van der Waals surface area contributed by atoms with Crippen molar-refractivity contribution in [1.29, 1.82) is 0 Å². The van der Waals surface area contributed by atoms with E-state index in [-0.39, 0.29) is 18.0 Å². The largest absolute Gasteiger partial charge is 0.322 e. The first-order chi connectivity index (χ1) is 13.6. The van der Waals surface area contributed by atoms with Crippen LogP contribution in [0.15, 0.2) is 48.8 Å². The maximum atomic E-state index is 13.1. The summed E-state index contributed by atoms with van der Waals surface area (Å²) in [5.74, 6) is 0.211. The van der Waals surface area contributed by atoms with Crippen LogP contribution in [0.5, 0.6) is 0 Å². The maximum absolute atomic E-state index is 13.1. The van der Waals surface area contributed by atoms with Crippen LogP contribution in [0.1, 0.15) is 56.5 Å². The highest BCUT2D eigenvalue weighted by Gasteiger charge is 2.30. The lowest BCUT2D eigenvalue weighted by atomic mass is 10.00. The van der Waals surface area contributed by atoms with Crippen molar-refractivity contribution in [3.8, 4) is 5.69 Å². The van der Waals surface area contributed by atoms with Gasteiger partial charge in [0.15, 0.2) is 0 Å². The van der Waals surface area contributed by atoms with Gasteiger partial charge in [-0.25, -0.2) is 9.48 Å². The van der Waals surface area contributed by atoms with E-state index in [1.807, 2.05) is 46.0 Å². The van der Waals surface area contributed by atoms with E-state index in [0.717, 1.165) is 48.6 Å². The molecule has 1 saturated heterocycles. The number of piperidine rings is 1. The van der Waals surface area contributed by atoms with Gasteiger partial charge in [0.05, 0.1) is 35.0 Å². The number of hydrogen-bond donors (Lipinski definition) is 2. The fourth-order valence-corrected chi connectivity index (χ4v) is 3.92. The van der Waals surface area contributed by atoms with Gasteiger partial charge in [0, 0.05) is 12.7 Å². The number of rotatable bonds is 4. The highest BCUT2D eigenvalue weighted by Crippen LogP contribution is 2.32. The zero-order chi connectivity index (χ0) is 19.5. The predicted octanol–water partition coefficient (Wildman–Crippen LogP) is 4.48. The Bertz CT molecular complexity index is 916. The monoisotopic (exact) mass is 378 g/mol. The molecular formula is C21H26N6O. The predicted molar refractivity (Wildman–Crippen MR) is 109 cm³/mol. The summed E-state index contributed by atoms with van der Waals surface area (Å²) in [4.78, 5) is 15.0. The van der Waals surface area contributed by atoms with Crippen LogP contribution in [0.25, 0.3) is 5.69 Å². The van der Waals surface area contributed by atoms with E-state index >= 15 is 0 Å². The van der Waals surface area contributed by atoms with Crippen molar-refractivity contribution in [2.75, 3.05) is 11.9 Å². The third-order valence-electron chi connectivity index (χ3n) is 5.24. The molecule has 1 atom stereocenters. The maximum Gasteiger partial charge on any atom is 0.322 e. The molecule has 7 nitrogen and oxygen atoms in total. The Morgan fingerprint density at radius 3 is 2.75 bits per heavy atom. The van der Waals surface area contributed by atoms with Crippen molar-refractivity contribution < 1.29 is 4.79 Å². The number of anilines is 1. The number of aromatic nitrogens is 4. The number of carbonyl (C=O) groups excluding carboxylic acids is 1. The summed E-state index contributed by atoms with van der Waals surface area (Å²) in [5, 5.41) is 14.7. The first-order valence-corrected chi connectivity index (χ1v) is 9.85. The van der Waals surface area contributed by atoms with Gasteiger partial charge in [-0.2, -0.15) is 10.2 Å². The second kappa shape index (κ2) is 7.88. The molecular weight excluding hydrogens is 352 g/mol. The highest BCUT2D eigenvalue weighted by molar-refractivity contribution is 5.90. The number of H-pyrrole nitrogens is 1. The molecule has 1 aliphatic rings. The third-order valence-corrected chi connectivity index (χ3v) is 5.24. The van der Waals surface area contributed by atoms with Gasteiger partial charge in [0.25, 0.3) is 0 Å². The molecule has 0 spiro atoms. The van der Waals surface area contributed by atoms with Gasteiger partial charge < -0.3 is 10.2 Å². The summed E-state index contributed by atoms with van der Waals surface area (Å²) in [5.41, 5.74) is 3.73. The molecule has 2 aromatic heterocycles. The molecule has 0 radical (unpaired) electrons. The number of urea groups is 1. The van der Waals surface area contributed by atoms with Gasteiger partial charge in [0.1, 0.15) is 0 Å². The number of benzene rings is 1. The van der Waals surface area contributed by atoms with Crippen LogP contribution in [-0.4, -0.2) is 37.5 Å². The zero-order valence-corrected chi connectivity index (χ0v) is 16.3. The second-order valence-corrected chi connectivity index (χ2v) is 7.49. The number of carbonyl (C=O) groups is 1. The van der Waals surface area contributed by atoms with Gasteiger partial charge in [-0.15, -0.1) is 0 Å². The van der Waals surface area contributed by atoms with Gasteiger partial charge in [0.2, 0.25) is 0 Å². The molecule has 0 saturated carbocycles. The quantitative estimate of drug-likeness (QED) is 0.703. The van der Waals surface area contributed by atoms with Crippen LogP contribution in [0.4, 0.5) is 10.5 Å². The SMILES string of the molecule is CC(C)c1c(NC(=O)N2CCCCC2c2ccn[nH]2)cnn1-c1ccccc1. The summed E-state index contributed by atoms with van der Waals surface area (Å²) in [6.07, 6.45) is 6.54. The Labute approximate surface area is 164 Å². The number of aromatic amines is 1. The smallest absolute Gasteiger partial charge is 0.316 e.